The molecule has 55 heavy (non-hydrogen) atoms. The largest absolute Gasteiger partial charge is 0.489 e. The van der Waals surface area contributed by atoms with Crippen molar-refractivity contribution in [1.29, 1.82) is 0 Å². The number of rotatable bonds is 11. The minimum absolute atomic E-state index is 0.168. The fourth-order valence-corrected chi connectivity index (χ4v) is 8.70. The molecule has 286 valence electrons. The summed E-state index contributed by atoms with van der Waals surface area (Å²) in [6.45, 7) is 6.17. The summed E-state index contributed by atoms with van der Waals surface area (Å²) in [5.74, 6) is 1.98. The number of hydrogen-bond acceptors (Lipinski definition) is 11. The van der Waals surface area contributed by atoms with E-state index in [0.717, 1.165) is 63.4 Å². The fraction of sp³-hybridized carbons (Fsp3) is 0.357. The molecule has 3 aliphatic heterocycles. The first kappa shape index (κ1) is 36.6. The monoisotopic (exact) mass is 762 g/mol. The van der Waals surface area contributed by atoms with E-state index < -0.39 is 9.84 Å². The second kappa shape index (κ2) is 16.5. The van der Waals surface area contributed by atoms with Crippen LogP contribution in [0.25, 0.3) is 10.8 Å². The average molecular weight is 763 g/mol. The Hall–Kier alpha value is -5.40. The summed E-state index contributed by atoms with van der Waals surface area (Å²) in [5.41, 5.74) is 5.13. The van der Waals surface area contributed by atoms with Crippen LogP contribution in [0.5, 0.6) is 11.8 Å². The molecule has 1 aromatic heterocycles. The molecule has 0 spiro atoms. The highest BCUT2D eigenvalue weighted by Gasteiger charge is 2.30. The molecule has 1 amide bonds. The number of ether oxygens (including phenoxy) is 3. The maximum atomic E-state index is 13.0. The van der Waals surface area contributed by atoms with Crippen LogP contribution in [0.15, 0.2) is 97.1 Å². The topological polar surface area (TPSA) is 118 Å². The number of amides is 1. The van der Waals surface area contributed by atoms with Crippen LogP contribution in [-0.2, 0) is 40.8 Å². The lowest BCUT2D eigenvalue weighted by Gasteiger charge is -2.38. The number of piperazine rings is 1. The fourth-order valence-electron chi connectivity index (χ4n) is 7.42. The highest BCUT2D eigenvalue weighted by Crippen LogP contribution is 2.37. The molecule has 0 bridgehead atoms. The highest BCUT2D eigenvalue weighted by atomic mass is 32.2. The number of carbonyl (C=O) groups excluding carboxylic acids is 1. The number of hydrogen-bond donors (Lipinski definition) is 0. The van der Waals surface area contributed by atoms with Gasteiger partial charge in [0.15, 0.2) is 9.84 Å². The number of fused-ring (bicyclic) bond motifs is 2. The normalized spacial score (nSPS) is 17.1. The van der Waals surface area contributed by atoms with E-state index in [2.05, 4.69) is 57.2 Å². The van der Waals surface area contributed by atoms with Crippen molar-refractivity contribution in [3.05, 3.63) is 119 Å². The third kappa shape index (κ3) is 8.95. The van der Waals surface area contributed by atoms with Crippen LogP contribution in [0.3, 0.4) is 0 Å². The molecule has 0 aliphatic carbocycles. The van der Waals surface area contributed by atoms with Crippen molar-refractivity contribution >= 4 is 38.2 Å². The van der Waals surface area contributed by atoms with Crippen molar-refractivity contribution in [3.8, 4) is 11.8 Å². The quantitative estimate of drug-likeness (QED) is 0.174. The molecular weight excluding hydrogens is 717 g/mol. The standard InChI is InChI=1S/C42H46N6O6S/c49-42(54-31-33-11-5-2-6-12-33)47-19-17-46(18-20-47)40-37-15-16-48(29-38(37)43-41(44-40)52-24-21-45-22-25-55(50,51)26-23-45)39-28-35(27-34-13-7-8-14-36(34)39)53-30-32-9-3-1-4-10-32/h1-14,27-28H,15-26,29-31H2. The van der Waals surface area contributed by atoms with Crippen LogP contribution >= 0.6 is 0 Å². The van der Waals surface area contributed by atoms with E-state index in [9.17, 15) is 13.2 Å². The second-order valence-electron chi connectivity index (χ2n) is 14.2. The van der Waals surface area contributed by atoms with E-state index in [1.165, 1.54) is 0 Å². The molecule has 3 aliphatic rings. The predicted octanol–water partition coefficient (Wildman–Crippen LogP) is 5.34. The van der Waals surface area contributed by atoms with Crippen molar-refractivity contribution in [3.63, 3.8) is 0 Å². The lowest BCUT2D eigenvalue weighted by molar-refractivity contribution is 0.0941. The van der Waals surface area contributed by atoms with Gasteiger partial charge in [-0.1, -0.05) is 84.9 Å². The van der Waals surface area contributed by atoms with Crippen LogP contribution < -0.4 is 19.3 Å². The Bertz CT molecular complexity index is 2200. The summed E-state index contributed by atoms with van der Waals surface area (Å²) in [6.07, 6.45) is 0.413. The van der Waals surface area contributed by atoms with Crippen LogP contribution in [0.2, 0.25) is 0 Å². The number of anilines is 2. The minimum atomic E-state index is -2.97. The number of benzene rings is 4. The Kier molecular flexibility index (Phi) is 11.0. The molecule has 13 heteroatoms. The van der Waals surface area contributed by atoms with E-state index in [1.807, 2.05) is 54.6 Å². The molecule has 4 aromatic carbocycles. The van der Waals surface area contributed by atoms with Crippen molar-refractivity contribution in [2.24, 2.45) is 0 Å². The molecule has 0 N–H and O–H groups in total. The Morgan fingerprint density at radius 3 is 2.15 bits per heavy atom. The van der Waals surface area contributed by atoms with Gasteiger partial charge in [0.05, 0.1) is 23.7 Å². The molecule has 8 rings (SSSR count). The van der Waals surface area contributed by atoms with E-state index in [1.54, 1.807) is 4.90 Å². The SMILES string of the molecule is O=C(OCc1ccccc1)N1CCN(c2nc(OCCN3CCS(=O)(=O)CC3)nc3c2CCN(c2cc(OCc4ccccc4)cc4ccccc24)C3)CC1. The van der Waals surface area contributed by atoms with Gasteiger partial charge in [-0.15, -0.1) is 0 Å². The second-order valence-corrected chi connectivity index (χ2v) is 16.5. The van der Waals surface area contributed by atoms with E-state index >= 15 is 0 Å². The number of aromatic nitrogens is 2. The lowest BCUT2D eigenvalue weighted by Crippen LogP contribution is -2.49. The smallest absolute Gasteiger partial charge is 0.410 e. The first-order valence-electron chi connectivity index (χ1n) is 19.0. The molecule has 5 aromatic rings. The van der Waals surface area contributed by atoms with Crippen LogP contribution in [0.1, 0.15) is 22.4 Å². The molecule has 4 heterocycles. The summed E-state index contributed by atoms with van der Waals surface area (Å²) < 4.78 is 42.1. The Balaban J connectivity index is 1.01. The molecule has 0 radical (unpaired) electrons. The van der Waals surface area contributed by atoms with Gasteiger partial charge in [-0.3, -0.25) is 4.90 Å². The minimum Gasteiger partial charge on any atom is -0.489 e. The van der Waals surface area contributed by atoms with E-state index in [0.29, 0.717) is 71.6 Å². The average Bonchev–Trinajstić information content (AvgIpc) is 3.22. The third-order valence-corrected chi connectivity index (χ3v) is 12.2. The van der Waals surface area contributed by atoms with Gasteiger partial charge < -0.3 is 28.9 Å². The van der Waals surface area contributed by atoms with E-state index in [4.69, 9.17) is 24.2 Å². The summed E-state index contributed by atoms with van der Waals surface area (Å²) in [7, 11) is -2.97. The predicted molar refractivity (Wildman–Crippen MR) is 213 cm³/mol. The summed E-state index contributed by atoms with van der Waals surface area (Å²) >= 11 is 0. The molecule has 0 saturated carbocycles. The number of nitrogens with zero attached hydrogens (tertiary/aromatic N) is 6. The van der Waals surface area contributed by atoms with Crippen molar-refractivity contribution in [2.75, 3.05) is 80.3 Å². The van der Waals surface area contributed by atoms with Crippen LogP contribution in [-0.4, -0.2) is 105 Å². The zero-order valence-electron chi connectivity index (χ0n) is 30.9. The van der Waals surface area contributed by atoms with Gasteiger partial charge in [-0.05, 0) is 29.0 Å². The summed E-state index contributed by atoms with van der Waals surface area (Å²) in [4.78, 5) is 31.4. The summed E-state index contributed by atoms with van der Waals surface area (Å²) in [5, 5.41) is 2.24. The van der Waals surface area contributed by atoms with Gasteiger partial charge in [-0.2, -0.15) is 9.97 Å². The van der Waals surface area contributed by atoms with Crippen molar-refractivity contribution in [1.82, 2.24) is 19.8 Å². The first-order valence-corrected chi connectivity index (χ1v) is 20.8. The van der Waals surface area contributed by atoms with Crippen molar-refractivity contribution in [2.45, 2.75) is 26.2 Å². The third-order valence-electron chi connectivity index (χ3n) is 10.5. The maximum Gasteiger partial charge on any atom is 0.410 e. The molecule has 2 fully saturated rings. The molecule has 12 nitrogen and oxygen atoms in total. The van der Waals surface area contributed by atoms with Crippen LogP contribution in [0.4, 0.5) is 16.3 Å². The summed E-state index contributed by atoms with van der Waals surface area (Å²) in [6, 6.07) is 32.8. The Morgan fingerprint density at radius 2 is 1.40 bits per heavy atom. The van der Waals surface area contributed by atoms with Crippen molar-refractivity contribution < 1.29 is 27.4 Å². The zero-order chi connectivity index (χ0) is 37.6. The molecule has 0 unspecified atom stereocenters. The van der Waals surface area contributed by atoms with Gasteiger partial charge >= 0.3 is 12.1 Å². The van der Waals surface area contributed by atoms with E-state index in [-0.39, 0.29) is 24.2 Å². The van der Waals surface area contributed by atoms with Gasteiger partial charge in [0.25, 0.3) is 0 Å². The highest BCUT2D eigenvalue weighted by molar-refractivity contribution is 7.91. The van der Waals surface area contributed by atoms with Crippen LogP contribution in [0, 0.1) is 0 Å². The van der Waals surface area contributed by atoms with Gasteiger partial charge in [-0.25, -0.2) is 13.2 Å². The van der Waals surface area contributed by atoms with Gasteiger partial charge in [0.2, 0.25) is 0 Å². The molecule has 0 atom stereocenters. The Labute approximate surface area is 322 Å². The first-order chi connectivity index (χ1) is 26.9. The van der Waals surface area contributed by atoms with Gasteiger partial charge in [0.1, 0.15) is 31.4 Å². The maximum absolute atomic E-state index is 13.0. The Morgan fingerprint density at radius 1 is 0.709 bits per heavy atom. The van der Waals surface area contributed by atoms with Gasteiger partial charge in [0, 0.05) is 75.1 Å². The lowest BCUT2D eigenvalue weighted by atomic mass is 10.0. The number of carbonyl (C=O) groups is 1. The molecule has 2 saturated heterocycles. The zero-order valence-corrected chi connectivity index (χ0v) is 31.7. The molecular formula is C42H46N6O6S. The number of sulfone groups is 1.